The Morgan fingerprint density at radius 3 is 2.05 bits per heavy atom. The largest absolute Gasteiger partial charge is 0.494 e. The van der Waals surface area contributed by atoms with Crippen LogP contribution in [-0.2, 0) is 4.74 Å². The van der Waals surface area contributed by atoms with Crippen LogP contribution < -0.4 is 25.8 Å². The summed E-state index contributed by atoms with van der Waals surface area (Å²) in [7, 11) is 2.43. The molecular formula is C27H28N6O11. The molecule has 1 heterocycles. The van der Waals surface area contributed by atoms with Gasteiger partial charge in [-0.3, -0.25) is 25.0 Å². The number of rotatable bonds is 13. The molecule has 0 aliphatic carbocycles. The van der Waals surface area contributed by atoms with Crippen LogP contribution >= 0.6 is 0 Å². The number of benzene rings is 2. The molecule has 0 unspecified atom stereocenters. The van der Waals surface area contributed by atoms with E-state index in [1.165, 1.54) is 24.1 Å². The van der Waals surface area contributed by atoms with Crippen LogP contribution in [0.1, 0.15) is 20.7 Å². The molecule has 0 saturated carbocycles. The van der Waals surface area contributed by atoms with Crippen molar-refractivity contribution in [1.82, 2.24) is 4.90 Å². The zero-order valence-electron chi connectivity index (χ0n) is 23.5. The Labute approximate surface area is 249 Å². The predicted octanol–water partition coefficient (Wildman–Crippen LogP) is 2.47. The van der Waals surface area contributed by atoms with Gasteiger partial charge >= 0.3 is 12.1 Å². The SMILES string of the molecule is COC(=O)c1cc(OC)c(NC/C=C/CNc2c(OCC#CC3CN(C(=O)O)C3)cc(C(N)=O)cc2[N+](=O)[O-])c([N+](=O)[O-])c1. The first-order chi connectivity index (χ1) is 21.0. The number of nitrogens with zero attached hydrogens (tertiary/aromatic N) is 3. The Kier molecular flexibility index (Phi) is 10.9. The van der Waals surface area contributed by atoms with Gasteiger partial charge < -0.3 is 40.6 Å². The smallest absolute Gasteiger partial charge is 0.407 e. The highest BCUT2D eigenvalue weighted by atomic mass is 16.6. The van der Waals surface area contributed by atoms with E-state index in [1.807, 2.05) is 0 Å². The molecule has 17 heteroatoms. The standard InChI is InChI=1S/C27H28N6O11/c1-42-21-13-18(26(35)43-2)11-20(33(40)41)23(21)29-7-3-4-8-30-24-19(32(38)39)10-17(25(28)34)12-22(24)44-9-5-6-16-14-31(15-16)27(36)37/h3-4,10-13,16,29-30H,7-9,14-15H2,1-2H3,(H2,28,34)(H,36,37)/b4-3+. The number of nitrogens with one attached hydrogen (secondary N) is 2. The number of carbonyl (C=O) groups excluding carboxylic acids is 2. The third kappa shape index (κ3) is 8.03. The summed E-state index contributed by atoms with van der Waals surface area (Å²) in [5.41, 5.74) is 4.20. The van der Waals surface area contributed by atoms with E-state index in [4.69, 9.17) is 20.3 Å². The number of amides is 2. The number of anilines is 2. The summed E-state index contributed by atoms with van der Waals surface area (Å²) in [4.78, 5) is 57.7. The lowest BCUT2D eigenvalue weighted by Gasteiger charge is -2.33. The molecule has 17 nitrogen and oxygen atoms in total. The summed E-state index contributed by atoms with van der Waals surface area (Å²) < 4.78 is 15.4. The Morgan fingerprint density at radius 1 is 1.00 bits per heavy atom. The topological polar surface area (TPSA) is 239 Å². The van der Waals surface area contributed by atoms with Gasteiger partial charge in [0.25, 0.3) is 11.4 Å². The van der Waals surface area contributed by atoms with Gasteiger partial charge in [-0.1, -0.05) is 24.0 Å². The Morgan fingerprint density at radius 2 is 1.55 bits per heavy atom. The van der Waals surface area contributed by atoms with Crippen molar-refractivity contribution in [1.29, 1.82) is 0 Å². The number of likely N-dealkylation sites (tertiary alicyclic amines) is 1. The molecule has 0 spiro atoms. The van der Waals surface area contributed by atoms with E-state index < -0.39 is 39.2 Å². The van der Waals surface area contributed by atoms with E-state index in [0.29, 0.717) is 0 Å². The average Bonchev–Trinajstić information content (AvgIpc) is 2.96. The number of primary amides is 1. The first-order valence-electron chi connectivity index (χ1n) is 12.8. The zero-order valence-corrected chi connectivity index (χ0v) is 23.5. The van der Waals surface area contributed by atoms with Gasteiger partial charge in [-0.15, -0.1) is 0 Å². The molecule has 1 saturated heterocycles. The fourth-order valence-corrected chi connectivity index (χ4v) is 4.01. The van der Waals surface area contributed by atoms with Crippen LogP contribution in [0.15, 0.2) is 36.4 Å². The number of methoxy groups -OCH3 is 2. The van der Waals surface area contributed by atoms with Crippen LogP contribution in [-0.4, -0.2) is 84.8 Å². The van der Waals surface area contributed by atoms with E-state index in [9.17, 15) is 34.6 Å². The zero-order chi connectivity index (χ0) is 32.4. The Hall–Kier alpha value is -6.05. The van der Waals surface area contributed by atoms with Crippen LogP contribution in [0.25, 0.3) is 0 Å². The highest BCUT2D eigenvalue weighted by molar-refractivity contribution is 5.96. The third-order valence-corrected chi connectivity index (χ3v) is 6.20. The first-order valence-corrected chi connectivity index (χ1v) is 12.8. The molecule has 3 rings (SSSR count). The van der Waals surface area contributed by atoms with Gasteiger partial charge in [0.2, 0.25) is 5.91 Å². The summed E-state index contributed by atoms with van der Waals surface area (Å²) in [6.45, 7) is 0.426. The maximum Gasteiger partial charge on any atom is 0.407 e. The molecule has 44 heavy (non-hydrogen) atoms. The fraction of sp³-hybridized carbons (Fsp3) is 0.296. The molecule has 5 N–H and O–H groups in total. The molecule has 0 aromatic heterocycles. The summed E-state index contributed by atoms with van der Waals surface area (Å²) in [5.74, 6) is 3.74. The van der Waals surface area contributed by atoms with Crippen LogP contribution in [0.3, 0.4) is 0 Å². The molecule has 232 valence electrons. The van der Waals surface area contributed by atoms with Crippen molar-refractivity contribution < 1.29 is 43.5 Å². The summed E-state index contributed by atoms with van der Waals surface area (Å²) >= 11 is 0. The first kappa shape index (κ1) is 32.5. The number of hydrogen-bond acceptors (Lipinski definition) is 12. The third-order valence-electron chi connectivity index (χ3n) is 6.20. The average molecular weight is 613 g/mol. The van der Waals surface area contributed by atoms with Crippen LogP contribution in [0.4, 0.5) is 27.5 Å². The van der Waals surface area contributed by atoms with E-state index in [0.717, 1.165) is 19.2 Å². The lowest BCUT2D eigenvalue weighted by molar-refractivity contribution is -0.384. The molecule has 2 aromatic rings. The van der Waals surface area contributed by atoms with Crippen molar-refractivity contribution >= 4 is 40.7 Å². The molecular weight excluding hydrogens is 584 g/mol. The van der Waals surface area contributed by atoms with Crippen molar-refractivity contribution in [3.8, 4) is 23.3 Å². The van der Waals surface area contributed by atoms with Crippen molar-refractivity contribution in [3.63, 3.8) is 0 Å². The van der Waals surface area contributed by atoms with Gasteiger partial charge in [0.05, 0.1) is 35.5 Å². The minimum absolute atomic E-state index is 0.0230. The van der Waals surface area contributed by atoms with Crippen molar-refractivity contribution in [3.05, 3.63) is 67.8 Å². The van der Waals surface area contributed by atoms with Gasteiger partial charge in [0.15, 0.2) is 17.1 Å². The summed E-state index contributed by atoms with van der Waals surface area (Å²) in [6, 6.07) is 4.60. The number of carbonyl (C=O) groups is 3. The lowest BCUT2D eigenvalue weighted by atomic mass is 10.0. The lowest BCUT2D eigenvalue weighted by Crippen LogP contribution is -2.48. The van der Waals surface area contributed by atoms with Gasteiger partial charge in [-0.2, -0.15) is 0 Å². The fourth-order valence-electron chi connectivity index (χ4n) is 4.01. The number of ether oxygens (including phenoxy) is 3. The number of esters is 1. The van der Waals surface area contributed by atoms with E-state index in [-0.39, 0.29) is 72.7 Å². The highest BCUT2D eigenvalue weighted by Crippen LogP contribution is 2.37. The van der Waals surface area contributed by atoms with Crippen molar-refractivity contribution in [2.45, 2.75) is 0 Å². The maximum absolute atomic E-state index is 11.9. The van der Waals surface area contributed by atoms with Gasteiger partial charge in [0, 0.05) is 43.9 Å². The summed E-state index contributed by atoms with van der Waals surface area (Å²) in [5, 5.41) is 38.0. The van der Waals surface area contributed by atoms with Crippen molar-refractivity contribution in [2.75, 3.05) is 57.6 Å². The molecule has 2 amide bonds. The second-order valence-electron chi connectivity index (χ2n) is 9.04. The molecule has 1 fully saturated rings. The number of hydrogen-bond donors (Lipinski definition) is 4. The number of nitro groups is 2. The second kappa shape index (κ2) is 14.7. The second-order valence-corrected chi connectivity index (χ2v) is 9.04. The normalized spacial score (nSPS) is 12.4. The van der Waals surface area contributed by atoms with Crippen LogP contribution in [0.2, 0.25) is 0 Å². The molecule has 1 aliphatic rings. The van der Waals surface area contributed by atoms with Gasteiger partial charge in [0.1, 0.15) is 12.4 Å². The van der Waals surface area contributed by atoms with Gasteiger partial charge in [-0.05, 0) is 12.1 Å². The van der Waals surface area contributed by atoms with Gasteiger partial charge in [-0.25, -0.2) is 9.59 Å². The van der Waals surface area contributed by atoms with Crippen molar-refractivity contribution in [2.24, 2.45) is 11.7 Å². The highest BCUT2D eigenvalue weighted by Gasteiger charge is 2.29. The summed E-state index contributed by atoms with van der Waals surface area (Å²) in [6.07, 6.45) is 2.12. The minimum Gasteiger partial charge on any atom is -0.494 e. The molecule has 0 radical (unpaired) electrons. The van der Waals surface area contributed by atoms with E-state index >= 15 is 0 Å². The number of nitrogens with two attached hydrogens (primary N) is 1. The Balaban J connectivity index is 1.71. The number of nitro benzene ring substituents is 2. The Bertz CT molecular complexity index is 1560. The van der Waals surface area contributed by atoms with Crippen LogP contribution in [0.5, 0.6) is 11.5 Å². The minimum atomic E-state index is -1.04. The maximum atomic E-state index is 11.9. The predicted molar refractivity (Wildman–Crippen MR) is 155 cm³/mol. The molecule has 1 aliphatic heterocycles. The van der Waals surface area contributed by atoms with E-state index in [2.05, 4.69) is 27.2 Å². The van der Waals surface area contributed by atoms with E-state index in [1.54, 1.807) is 12.2 Å². The molecule has 2 aromatic carbocycles. The quantitative estimate of drug-likeness (QED) is 0.0837. The monoisotopic (exact) mass is 612 g/mol. The molecule has 0 atom stereocenters. The number of carboxylic acid groups (broad SMARTS) is 1. The van der Waals surface area contributed by atoms with Crippen LogP contribution in [0, 0.1) is 38.0 Å². The molecule has 0 bridgehead atoms.